The zero-order valence-corrected chi connectivity index (χ0v) is 17.8. The second-order valence-electron chi connectivity index (χ2n) is 8.01. The van der Waals surface area contributed by atoms with Gasteiger partial charge in [0, 0.05) is 57.0 Å². The predicted molar refractivity (Wildman–Crippen MR) is 113 cm³/mol. The summed E-state index contributed by atoms with van der Waals surface area (Å²) >= 11 is 0. The highest BCUT2D eigenvalue weighted by molar-refractivity contribution is 5.94. The Morgan fingerprint density at radius 3 is 2.62 bits per heavy atom. The molecule has 2 heterocycles. The molecule has 1 aromatic heterocycles. The predicted octanol–water partition coefficient (Wildman–Crippen LogP) is 2.42. The van der Waals surface area contributed by atoms with Gasteiger partial charge in [0.15, 0.2) is 0 Å². The molecule has 0 radical (unpaired) electrons. The van der Waals surface area contributed by atoms with E-state index in [-0.39, 0.29) is 36.7 Å². The normalized spacial score (nSPS) is 19.5. The van der Waals surface area contributed by atoms with Gasteiger partial charge in [-0.25, -0.2) is 8.78 Å². The van der Waals surface area contributed by atoms with E-state index >= 15 is 0 Å². The van der Waals surface area contributed by atoms with Gasteiger partial charge in [-0.05, 0) is 42.7 Å². The number of benzene rings is 1. The van der Waals surface area contributed by atoms with Crippen LogP contribution in [0.1, 0.15) is 41.6 Å². The van der Waals surface area contributed by atoms with Gasteiger partial charge in [-0.2, -0.15) is 0 Å². The van der Waals surface area contributed by atoms with Crippen molar-refractivity contribution in [3.05, 3.63) is 65.5 Å². The number of aromatic nitrogens is 1. The van der Waals surface area contributed by atoms with Gasteiger partial charge in [0.25, 0.3) is 5.91 Å². The molecule has 1 saturated heterocycles. The molecular formula is C23H26F2N4O3. The van der Waals surface area contributed by atoms with E-state index in [4.69, 9.17) is 0 Å². The minimum absolute atomic E-state index is 0.0299. The Morgan fingerprint density at radius 1 is 1.19 bits per heavy atom. The number of hydrogen-bond acceptors (Lipinski definition) is 4. The molecule has 170 valence electrons. The molecule has 1 fully saturated rings. The molecule has 9 heteroatoms. The van der Waals surface area contributed by atoms with E-state index in [0.717, 1.165) is 18.2 Å². The summed E-state index contributed by atoms with van der Waals surface area (Å²) in [5.74, 6) is -2.80. The van der Waals surface area contributed by atoms with Crippen molar-refractivity contribution in [3.63, 3.8) is 0 Å². The van der Waals surface area contributed by atoms with Crippen molar-refractivity contribution >= 4 is 17.7 Å². The number of likely N-dealkylation sites (N-methyl/N-ethyl adjacent to an activating group) is 1. The lowest BCUT2D eigenvalue weighted by atomic mass is 9.96. The van der Waals surface area contributed by atoms with Crippen molar-refractivity contribution in [2.75, 3.05) is 13.6 Å². The summed E-state index contributed by atoms with van der Waals surface area (Å²) in [5.41, 5.74) is 0.743. The summed E-state index contributed by atoms with van der Waals surface area (Å²) < 4.78 is 26.7. The van der Waals surface area contributed by atoms with Crippen LogP contribution in [0.3, 0.4) is 0 Å². The van der Waals surface area contributed by atoms with E-state index in [1.54, 1.807) is 25.4 Å². The molecule has 0 spiro atoms. The van der Waals surface area contributed by atoms with Crippen LogP contribution in [-0.2, 0) is 16.1 Å². The molecule has 0 aliphatic carbocycles. The average molecular weight is 444 g/mol. The fourth-order valence-electron chi connectivity index (χ4n) is 3.76. The van der Waals surface area contributed by atoms with E-state index in [1.807, 2.05) is 0 Å². The van der Waals surface area contributed by atoms with Crippen molar-refractivity contribution in [2.24, 2.45) is 5.92 Å². The fraction of sp³-hybridized carbons (Fsp3) is 0.391. The van der Waals surface area contributed by atoms with E-state index in [9.17, 15) is 23.2 Å². The lowest BCUT2D eigenvalue weighted by Crippen LogP contribution is -2.44. The van der Waals surface area contributed by atoms with Gasteiger partial charge >= 0.3 is 0 Å². The van der Waals surface area contributed by atoms with Crippen LogP contribution in [0, 0.1) is 17.6 Å². The highest BCUT2D eigenvalue weighted by Crippen LogP contribution is 2.19. The van der Waals surface area contributed by atoms with Crippen LogP contribution in [0.5, 0.6) is 0 Å². The monoisotopic (exact) mass is 444 g/mol. The first kappa shape index (κ1) is 23.3. The van der Waals surface area contributed by atoms with Crippen molar-refractivity contribution in [1.82, 2.24) is 20.5 Å². The SMILES string of the molecule is CN1CC(NC(=O)c2cccnc2)CCCC(C(=O)NCc2cc(F)cc(F)c2)CC1=O. The number of nitrogens with one attached hydrogen (secondary N) is 2. The number of halogens is 2. The molecule has 0 saturated carbocycles. The molecule has 1 aromatic carbocycles. The average Bonchev–Trinajstić information content (AvgIpc) is 2.82. The standard InChI is InChI=1S/C23H26F2N4O3/c1-29-14-20(28-23(32)17-5-3-7-26-13-17)6-2-4-16(10-21(29)30)22(31)27-12-15-8-18(24)11-19(25)9-15/h3,5,7-9,11,13,16,20H,2,4,6,10,12,14H2,1H3,(H,27,31)(H,28,32). The van der Waals surface area contributed by atoms with Crippen LogP contribution in [0.15, 0.2) is 42.7 Å². The van der Waals surface area contributed by atoms with E-state index in [2.05, 4.69) is 15.6 Å². The Labute approximate surface area is 185 Å². The topological polar surface area (TPSA) is 91.4 Å². The lowest BCUT2D eigenvalue weighted by molar-refractivity contribution is -0.135. The van der Waals surface area contributed by atoms with Gasteiger partial charge in [-0.3, -0.25) is 19.4 Å². The Balaban J connectivity index is 1.59. The third-order valence-corrected chi connectivity index (χ3v) is 5.47. The Kier molecular flexibility index (Phi) is 7.86. The largest absolute Gasteiger partial charge is 0.352 e. The molecule has 32 heavy (non-hydrogen) atoms. The molecule has 2 atom stereocenters. The van der Waals surface area contributed by atoms with Crippen LogP contribution in [0.4, 0.5) is 8.78 Å². The summed E-state index contributed by atoms with van der Waals surface area (Å²) in [6.07, 6.45) is 4.78. The molecule has 2 aromatic rings. The molecule has 7 nitrogen and oxygen atoms in total. The molecular weight excluding hydrogens is 418 g/mol. The molecule has 3 amide bonds. The summed E-state index contributed by atoms with van der Waals surface area (Å²) in [5, 5.41) is 5.61. The number of hydrogen-bond donors (Lipinski definition) is 2. The first-order chi connectivity index (χ1) is 15.3. The van der Waals surface area contributed by atoms with E-state index in [1.165, 1.54) is 11.1 Å². The first-order valence-corrected chi connectivity index (χ1v) is 10.5. The third kappa shape index (κ3) is 6.57. The van der Waals surface area contributed by atoms with Gasteiger partial charge in [0.1, 0.15) is 11.6 Å². The van der Waals surface area contributed by atoms with Gasteiger partial charge < -0.3 is 15.5 Å². The second-order valence-corrected chi connectivity index (χ2v) is 8.01. The summed E-state index contributed by atoms with van der Waals surface area (Å²) in [6.45, 7) is 0.305. The molecule has 1 aliphatic rings. The van der Waals surface area contributed by atoms with Crippen molar-refractivity contribution in [2.45, 2.75) is 38.3 Å². The van der Waals surface area contributed by atoms with E-state index < -0.39 is 17.6 Å². The minimum atomic E-state index is -0.715. The van der Waals surface area contributed by atoms with Crippen LogP contribution < -0.4 is 10.6 Å². The maximum absolute atomic E-state index is 13.3. The van der Waals surface area contributed by atoms with Crippen LogP contribution in [0.2, 0.25) is 0 Å². The zero-order chi connectivity index (χ0) is 23.1. The first-order valence-electron chi connectivity index (χ1n) is 10.5. The van der Waals surface area contributed by atoms with Crippen molar-refractivity contribution in [1.29, 1.82) is 0 Å². The summed E-state index contributed by atoms with van der Waals surface area (Å²) in [6, 6.07) is 6.16. The van der Waals surface area contributed by atoms with Crippen molar-refractivity contribution < 1.29 is 23.2 Å². The Bertz CT molecular complexity index is 951. The molecule has 3 rings (SSSR count). The van der Waals surface area contributed by atoms with E-state index in [0.29, 0.717) is 36.9 Å². The highest BCUT2D eigenvalue weighted by atomic mass is 19.1. The fourth-order valence-corrected chi connectivity index (χ4v) is 3.76. The highest BCUT2D eigenvalue weighted by Gasteiger charge is 2.27. The number of rotatable bonds is 5. The zero-order valence-electron chi connectivity index (χ0n) is 17.8. The maximum Gasteiger partial charge on any atom is 0.253 e. The number of amides is 3. The molecule has 1 aliphatic heterocycles. The van der Waals surface area contributed by atoms with Gasteiger partial charge in [-0.15, -0.1) is 0 Å². The minimum Gasteiger partial charge on any atom is -0.352 e. The molecule has 2 N–H and O–H groups in total. The molecule has 2 unspecified atom stereocenters. The van der Waals surface area contributed by atoms with Gasteiger partial charge in [-0.1, -0.05) is 6.42 Å². The molecule has 0 bridgehead atoms. The number of nitrogens with zero attached hydrogens (tertiary/aromatic N) is 2. The van der Waals surface area contributed by atoms with Crippen LogP contribution in [-0.4, -0.2) is 47.2 Å². The third-order valence-electron chi connectivity index (χ3n) is 5.47. The van der Waals surface area contributed by atoms with Crippen LogP contribution in [0.25, 0.3) is 0 Å². The maximum atomic E-state index is 13.3. The van der Waals surface area contributed by atoms with Crippen molar-refractivity contribution in [3.8, 4) is 0 Å². The number of carbonyl (C=O) groups excluding carboxylic acids is 3. The smallest absolute Gasteiger partial charge is 0.253 e. The Hall–Kier alpha value is -3.36. The number of pyridine rings is 1. The quantitative estimate of drug-likeness (QED) is 0.741. The Morgan fingerprint density at radius 2 is 1.94 bits per heavy atom. The van der Waals surface area contributed by atoms with Gasteiger partial charge in [0.2, 0.25) is 11.8 Å². The van der Waals surface area contributed by atoms with Gasteiger partial charge in [0.05, 0.1) is 5.56 Å². The summed E-state index contributed by atoms with van der Waals surface area (Å²) in [4.78, 5) is 43.2. The summed E-state index contributed by atoms with van der Waals surface area (Å²) in [7, 11) is 1.64. The number of carbonyl (C=O) groups is 3. The second kappa shape index (κ2) is 10.8. The lowest BCUT2D eigenvalue weighted by Gasteiger charge is -2.24. The van der Waals surface area contributed by atoms with Crippen LogP contribution >= 0.6 is 0 Å².